The highest BCUT2D eigenvalue weighted by Gasteiger charge is 2.23. The average Bonchev–Trinajstić information content (AvgIpc) is 2.77. The Morgan fingerprint density at radius 1 is 1.41 bits per heavy atom. The lowest BCUT2D eigenvalue weighted by molar-refractivity contribution is 0.373. The van der Waals surface area contributed by atoms with Gasteiger partial charge in [0.1, 0.15) is 0 Å². The molecule has 0 aliphatic heterocycles. The molecule has 1 fully saturated rings. The molecule has 0 bridgehead atoms. The predicted molar refractivity (Wildman–Crippen MR) is 69.7 cm³/mol. The highest BCUT2D eigenvalue weighted by molar-refractivity contribution is 5.54. The van der Waals surface area contributed by atoms with E-state index in [1.54, 1.807) is 19.2 Å². The molecule has 0 saturated heterocycles. The van der Waals surface area contributed by atoms with Gasteiger partial charge in [0.05, 0.1) is 7.11 Å². The molecule has 2 rings (SSSR count). The number of ether oxygens (including phenoxy) is 1. The molecule has 94 valence electrons. The van der Waals surface area contributed by atoms with Gasteiger partial charge in [-0.3, -0.25) is 0 Å². The van der Waals surface area contributed by atoms with Crippen molar-refractivity contribution in [3.8, 4) is 11.5 Å². The molecule has 1 aliphatic rings. The summed E-state index contributed by atoms with van der Waals surface area (Å²) in [5.74, 6) is 1.58. The molecular formula is C14H21NO2. The molecule has 2 atom stereocenters. The number of phenols is 1. The van der Waals surface area contributed by atoms with Crippen LogP contribution in [0, 0.1) is 5.92 Å². The maximum atomic E-state index is 9.70. The molecule has 1 aliphatic carbocycles. The summed E-state index contributed by atoms with van der Waals surface area (Å²) in [7, 11) is 1.56. The van der Waals surface area contributed by atoms with Crippen LogP contribution in [-0.4, -0.2) is 18.3 Å². The van der Waals surface area contributed by atoms with Gasteiger partial charge >= 0.3 is 0 Å². The number of hydrogen-bond acceptors (Lipinski definition) is 3. The van der Waals surface area contributed by atoms with E-state index in [4.69, 9.17) is 4.74 Å². The highest BCUT2D eigenvalue weighted by Crippen LogP contribution is 2.33. The van der Waals surface area contributed by atoms with E-state index in [1.165, 1.54) is 25.7 Å². The minimum absolute atomic E-state index is 0.197. The van der Waals surface area contributed by atoms with Crippen molar-refractivity contribution in [2.45, 2.75) is 38.6 Å². The van der Waals surface area contributed by atoms with Gasteiger partial charge in [0.2, 0.25) is 0 Å². The second-order valence-electron chi connectivity index (χ2n) is 4.82. The number of benzene rings is 1. The van der Waals surface area contributed by atoms with E-state index in [-0.39, 0.29) is 5.75 Å². The van der Waals surface area contributed by atoms with Crippen molar-refractivity contribution in [2.75, 3.05) is 12.4 Å². The Morgan fingerprint density at radius 3 is 2.82 bits per heavy atom. The van der Waals surface area contributed by atoms with Gasteiger partial charge in [-0.05, 0) is 37.3 Å². The molecule has 0 radical (unpaired) electrons. The minimum Gasteiger partial charge on any atom is -0.504 e. The second-order valence-corrected chi connectivity index (χ2v) is 4.82. The maximum Gasteiger partial charge on any atom is 0.160 e. The summed E-state index contributed by atoms with van der Waals surface area (Å²) in [6.45, 7) is 2.26. The van der Waals surface area contributed by atoms with E-state index < -0.39 is 0 Å². The zero-order valence-corrected chi connectivity index (χ0v) is 10.6. The van der Waals surface area contributed by atoms with Crippen molar-refractivity contribution in [1.82, 2.24) is 0 Å². The van der Waals surface area contributed by atoms with Crippen LogP contribution >= 0.6 is 0 Å². The summed E-state index contributed by atoms with van der Waals surface area (Å²) in [5.41, 5.74) is 0.977. The zero-order chi connectivity index (χ0) is 12.3. The van der Waals surface area contributed by atoms with Gasteiger partial charge in [0.15, 0.2) is 11.5 Å². The Kier molecular flexibility index (Phi) is 3.77. The highest BCUT2D eigenvalue weighted by atomic mass is 16.5. The first-order chi connectivity index (χ1) is 8.22. The molecule has 2 unspecified atom stereocenters. The molecule has 0 heterocycles. The number of hydrogen-bond donors (Lipinski definition) is 2. The monoisotopic (exact) mass is 235 g/mol. The van der Waals surface area contributed by atoms with Gasteiger partial charge in [0, 0.05) is 17.8 Å². The first-order valence-corrected chi connectivity index (χ1v) is 6.36. The summed E-state index contributed by atoms with van der Waals surface area (Å²) in [4.78, 5) is 0. The largest absolute Gasteiger partial charge is 0.504 e. The lowest BCUT2D eigenvalue weighted by Crippen LogP contribution is -2.15. The third kappa shape index (κ3) is 2.84. The van der Waals surface area contributed by atoms with Crippen molar-refractivity contribution in [3.05, 3.63) is 18.2 Å². The Bertz CT molecular complexity index is 378. The Morgan fingerprint density at radius 2 is 2.24 bits per heavy atom. The van der Waals surface area contributed by atoms with Crippen molar-refractivity contribution < 1.29 is 9.84 Å². The molecule has 1 aromatic carbocycles. The van der Waals surface area contributed by atoms with Crippen LogP contribution < -0.4 is 10.1 Å². The Balaban J connectivity index is 1.97. The summed E-state index contributed by atoms with van der Waals surface area (Å²) in [6, 6.07) is 6.03. The number of methoxy groups -OCH3 is 1. The molecule has 3 nitrogen and oxygen atoms in total. The first kappa shape index (κ1) is 12.1. The normalized spacial score (nSPS) is 23.6. The van der Waals surface area contributed by atoms with Crippen molar-refractivity contribution in [1.29, 1.82) is 0 Å². The number of anilines is 1. The van der Waals surface area contributed by atoms with E-state index >= 15 is 0 Å². The third-order valence-corrected chi connectivity index (χ3v) is 3.67. The lowest BCUT2D eigenvalue weighted by atomic mass is 10.1. The Labute approximate surface area is 103 Å². The van der Waals surface area contributed by atoms with Crippen LogP contribution in [0.4, 0.5) is 5.69 Å². The average molecular weight is 235 g/mol. The van der Waals surface area contributed by atoms with E-state index in [1.807, 2.05) is 6.07 Å². The van der Waals surface area contributed by atoms with E-state index in [2.05, 4.69) is 12.2 Å². The summed E-state index contributed by atoms with van der Waals surface area (Å²) >= 11 is 0. The molecular weight excluding hydrogens is 214 g/mol. The molecule has 1 saturated carbocycles. The fraction of sp³-hybridized carbons (Fsp3) is 0.571. The van der Waals surface area contributed by atoms with Crippen molar-refractivity contribution >= 4 is 5.69 Å². The van der Waals surface area contributed by atoms with Crippen LogP contribution in [-0.2, 0) is 0 Å². The summed E-state index contributed by atoms with van der Waals surface area (Å²) in [5, 5.41) is 13.2. The number of phenolic OH excluding ortho intramolecular Hbond substituents is 1. The quantitative estimate of drug-likeness (QED) is 0.840. The van der Waals surface area contributed by atoms with Gasteiger partial charge in [-0.1, -0.05) is 13.3 Å². The smallest absolute Gasteiger partial charge is 0.160 e. The molecule has 17 heavy (non-hydrogen) atoms. The van der Waals surface area contributed by atoms with Gasteiger partial charge in [0.25, 0.3) is 0 Å². The lowest BCUT2D eigenvalue weighted by Gasteiger charge is -2.15. The van der Waals surface area contributed by atoms with Crippen LogP contribution in [0.1, 0.15) is 32.6 Å². The predicted octanol–water partition coefficient (Wildman–Crippen LogP) is 3.39. The first-order valence-electron chi connectivity index (χ1n) is 6.36. The van der Waals surface area contributed by atoms with E-state index in [9.17, 15) is 5.11 Å². The topological polar surface area (TPSA) is 41.5 Å². The van der Waals surface area contributed by atoms with Crippen LogP contribution in [0.25, 0.3) is 0 Å². The van der Waals surface area contributed by atoms with Crippen molar-refractivity contribution in [2.24, 2.45) is 5.92 Å². The van der Waals surface area contributed by atoms with Gasteiger partial charge < -0.3 is 15.2 Å². The molecule has 0 aromatic heterocycles. The van der Waals surface area contributed by atoms with E-state index in [0.717, 1.165) is 11.6 Å². The SMILES string of the molecule is CCC1CCC(Nc2ccc(OC)c(O)c2)C1. The number of aromatic hydroxyl groups is 1. The van der Waals surface area contributed by atoms with Gasteiger partial charge in [-0.2, -0.15) is 0 Å². The zero-order valence-electron chi connectivity index (χ0n) is 10.6. The minimum atomic E-state index is 0.197. The molecule has 1 aromatic rings. The fourth-order valence-electron chi connectivity index (χ4n) is 2.59. The number of nitrogens with one attached hydrogen (secondary N) is 1. The Hall–Kier alpha value is -1.38. The molecule has 0 spiro atoms. The van der Waals surface area contributed by atoms with Crippen LogP contribution in [0.2, 0.25) is 0 Å². The molecule has 3 heteroatoms. The molecule has 0 amide bonds. The van der Waals surface area contributed by atoms with Gasteiger partial charge in [-0.15, -0.1) is 0 Å². The number of rotatable bonds is 4. The van der Waals surface area contributed by atoms with Crippen molar-refractivity contribution in [3.63, 3.8) is 0 Å². The second kappa shape index (κ2) is 5.30. The fourth-order valence-corrected chi connectivity index (χ4v) is 2.59. The van der Waals surface area contributed by atoms with Gasteiger partial charge in [-0.25, -0.2) is 0 Å². The van der Waals surface area contributed by atoms with E-state index in [0.29, 0.717) is 11.8 Å². The standard InChI is InChI=1S/C14H21NO2/c1-3-10-4-5-11(8-10)15-12-6-7-14(17-2)13(16)9-12/h6-7,9-11,15-16H,3-5,8H2,1-2H3. The van der Waals surface area contributed by atoms with Crippen LogP contribution in [0.5, 0.6) is 11.5 Å². The maximum absolute atomic E-state index is 9.70. The molecule has 2 N–H and O–H groups in total. The van der Waals surface area contributed by atoms with Crippen LogP contribution in [0.15, 0.2) is 18.2 Å². The summed E-state index contributed by atoms with van der Waals surface area (Å²) in [6.07, 6.45) is 5.05. The summed E-state index contributed by atoms with van der Waals surface area (Å²) < 4.78 is 5.03. The van der Waals surface area contributed by atoms with Crippen LogP contribution in [0.3, 0.4) is 0 Å². The third-order valence-electron chi connectivity index (χ3n) is 3.67.